The second-order valence-electron chi connectivity index (χ2n) is 8.44. The van der Waals surface area contributed by atoms with Crippen molar-refractivity contribution in [3.63, 3.8) is 0 Å². The number of hydrogen-bond acceptors (Lipinski definition) is 9. The molecule has 1 fully saturated rings. The van der Waals surface area contributed by atoms with Crippen LogP contribution in [0.25, 0.3) is 21.9 Å². The number of anilines is 2. The molecule has 0 aliphatic carbocycles. The first-order valence-electron chi connectivity index (χ1n) is 11.3. The number of imidazole rings is 1. The van der Waals surface area contributed by atoms with Crippen LogP contribution in [0.4, 0.5) is 16.3 Å². The minimum atomic E-state index is -4.97. The lowest BCUT2D eigenvalue weighted by Crippen LogP contribution is -2.28. The third kappa shape index (κ3) is 6.47. The van der Waals surface area contributed by atoms with Gasteiger partial charge >= 0.3 is 21.7 Å². The maximum Gasteiger partial charge on any atom is 0.469 e. The molecule has 2 aromatic carbocycles. The highest BCUT2D eigenvalue weighted by molar-refractivity contribution is 7.46. The van der Waals surface area contributed by atoms with E-state index in [1.807, 2.05) is 36.4 Å². The number of phosphoric acid groups is 2. The normalized spacial score (nSPS) is 19.9. The summed E-state index contributed by atoms with van der Waals surface area (Å²) in [5.74, 6) is 0.0823. The molecule has 0 spiro atoms. The van der Waals surface area contributed by atoms with Crippen LogP contribution in [-0.2, 0) is 22.9 Å². The SMILES string of the molecule is O=C(Nc1cccc2ccccc12)Nc1ncnc2c1ncn2[C@H]1C[C@H](OP(=O)(O)O)[C@@H](COP(=O)(O)O)O1. The number of fused-ring (bicyclic) bond motifs is 2. The van der Waals surface area contributed by atoms with Crippen molar-refractivity contribution >= 4 is 55.1 Å². The number of aromatic nitrogens is 4. The van der Waals surface area contributed by atoms with E-state index in [-0.39, 0.29) is 23.4 Å². The highest BCUT2D eigenvalue weighted by Gasteiger charge is 2.42. The topological polar surface area (TPSA) is 227 Å². The smallest absolute Gasteiger partial charge is 0.349 e. The molecule has 5 rings (SSSR count). The summed E-state index contributed by atoms with van der Waals surface area (Å²) in [6.07, 6.45) is -1.10. The Morgan fingerprint density at radius 1 is 1.03 bits per heavy atom. The van der Waals surface area contributed by atoms with Crippen LogP contribution in [0, 0.1) is 0 Å². The van der Waals surface area contributed by atoms with Crippen LogP contribution in [-0.4, -0.2) is 63.9 Å². The summed E-state index contributed by atoms with van der Waals surface area (Å²) in [7, 11) is -9.86. The zero-order valence-electron chi connectivity index (χ0n) is 19.8. The number of amides is 2. The average Bonchev–Trinajstić information content (AvgIpc) is 3.46. The number of carbonyl (C=O) groups is 1. The Morgan fingerprint density at radius 3 is 2.56 bits per heavy atom. The van der Waals surface area contributed by atoms with Gasteiger partial charge in [0.15, 0.2) is 17.0 Å². The van der Waals surface area contributed by atoms with Gasteiger partial charge in [0.25, 0.3) is 0 Å². The summed E-state index contributed by atoms with van der Waals surface area (Å²) in [6.45, 7) is -0.700. The summed E-state index contributed by atoms with van der Waals surface area (Å²) >= 11 is 0. The van der Waals surface area contributed by atoms with Crippen molar-refractivity contribution < 1.29 is 47.3 Å². The molecule has 0 saturated carbocycles. The van der Waals surface area contributed by atoms with Gasteiger partial charge in [0.05, 0.1) is 18.6 Å². The van der Waals surface area contributed by atoms with Crippen LogP contribution in [0.3, 0.4) is 0 Å². The van der Waals surface area contributed by atoms with E-state index in [2.05, 4.69) is 30.1 Å². The summed E-state index contributed by atoms with van der Waals surface area (Å²) in [4.78, 5) is 61.8. The van der Waals surface area contributed by atoms with Gasteiger partial charge in [-0.1, -0.05) is 36.4 Å². The van der Waals surface area contributed by atoms with E-state index < -0.39 is 46.7 Å². The molecule has 3 heterocycles. The number of urea groups is 1. The molecule has 2 aromatic heterocycles. The predicted octanol–water partition coefficient (Wildman–Crippen LogP) is 2.50. The molecule has 1 aliphatic heterocycles. The van der Waals surface area contributed by atoms with Crippen molar-refractivity contribution in [2.75, 3.05) is 17.2 Å². The van der Waals surface area contributed by atoms with Gasteiger partial charge in [-0.3, -0.25) is 18.9 Å². The lowest BCUT2D eigenvalue weighted by Gasteiger charge is -2.19. The van der Waals surface area contributed by atoms with Crippen molar-refractivity contribution in [1.82, 2.24) is 19.5 Å². The van der Waals surface area contributed by atoms with Crippen LogP contribution in [0.1, 0.15) is 12.6 Å². The Bertz CT molecular complexity index is 1620. The predicted molar refractivity (Wildman–Crippen MR) is 135 cm³/mol. The van der Waals surface area contributed by atoms with Gasteiger partial charge in [-0.05, 0) is 11.5 Å². The Hall–Kier alpha value is -3.30. The van der Waals surface area contributed by atoms with Crippen molar-refractivity contribution in [1.29, 1.82) is 0 Å². The molecule has 0 unspecified atom stereocenters. The van der Waals surface area contributed by atoms with E-state index in [0.29, 0.717) is 5.69 Å². The number of nitrogens with zero attached hydrogens (tertiary/aromatic N) is 4. The van der Waals surface area contributed by atoms with E-state index in [0.717, 1.165) is 10.8 Å². The largest absolute Gasteiger partial charge is 0.469 e. The first-order valence-corrected chi connectivity index (χ1v) is 14.4. The summed E-state index contributed by atoms with van der Waals surface area (Å²) in [5, 5.41) is 7.20. The van der Waals surface area contributed by atoms with Crippen LogP contribution < -0.4 is 10.6 Å². The number of hydrogen-bond donors (Lipinski definition) is 6. The summed E-state index contributed by atoms with van der Waals surface area (Å²) in [6, 6.07) is 12.4. The van der Waals surface area contributed by atoms with Crippen molar-refractivity contribution in [3.05, 3.63) is 55.1 Å². The molecular formula is C21H22N6O10P2. The first-order chi connectivity index (χ1) is 18.5. The molecular weight excluding hydrogens is 558 g/mol. The Kier molecular flexibility index (Phi) is 7.48. The van der Waals surface area contributed by atoms with Gasteiger partial charge in [-0.25, -0.2) is 28.9 Å². The molecule has 4 aromatic rings. The van der Waals surface area contributed by atoms with Crippen LogP contribution in [0.2, 0.25) is 0 Å². The van der Waals surface area contributed by atoms with Gasteiger partial charge in [0.2, 0.25) is 0 Å². The lowest BCUT2D eigenvalue weighted by atomic mass is 10.1. The lowest BCUT2D eigenvalue weighted by molar-refractivity contribution is -0.0417. The van der Waals surface area contributed by atoms with Gasteiger partial charge in [-0.15, -0.1) is 0 Å². The average molecular weight is 580 g/mol. The van der Waals surface area contributed by atoms with Gasteiger partial charge in [0.1, 0.15) is 24.8 Å². The number of ether oxygens (including phenoxy) is 1. The fourth-order valence-electron chi connectivity index (χ4n) is 4.23. The zero-order chi connectivity index (χ0) is 27.8. The standard InChI is InChI=1S/C21H22N6O10P2/c28-21(25-14-7-3-5-12-4-1-2-6-13(12)14)26-19-18-20(23-10-22-19)27(11-24-18)17-8-15(37-39(32,33)34)16(36-17)9-35-38(29,30)31/h1-7,10-11,15-17H,8-9H2,(H2,29,30,31)(H2,32,33,34)(H2,22,23,25,26,28)/t15-,16+,17+/m0/s1. The number of nitrogens with one attached hydrogen (secondary N) is 2. The van der Waals surface area contributed by atoms with E-state index in [1.54, 1.807) is 6.07 Å². The summed E-state index contributed by atoms with van der Waals surface area (Å²) in [5.41, 5.74) is 0.985. The van der Waals surface area contributed by atoms with Crippen LogP contribution in [0.5, 0.6) is 0 Å². The molecule has 206 valence electrons. The molecule has 39 heavy (non-hydrogen) atoms. The van der Waals surface area contributed by atoms with Gasteiger partial charge in [0, 0.05) is 11.8 Å². The maximum atomic E-state index is 12.8. The molecule has 18 heteroatoms. The molecule has 1 aliphatic rings. The van der Waals surface area contributed by atoms with Crippen molar-refractivity contribution in [2.24, 2.45) is 0 Å². The highest BCUT2D eigenvalue weighted by Crippen LogP contribution is 2.45. The van der Waals surface area contributed by atoms with Crippen molar-refractivity contribution in [3.8, 4) is 0 Å². The minimum Gasteiger partial charge on any atom is -0.349 e. The van der Waals surface area contributed by atoms with E-state index in [9.17, 15) is 23.7 Å². The molecule has 3 atom stereocenters. The fourth-order valence-corrected chi connectivity index (χ4v) is 5.14. The third-order valence-corrected chi connectivity index (χ3v) is 6.83. The molecule has 1 saturated heterocycles. The second-order valence-corrected chi connectivity index (χ2v) is 10.9. The number of benzene rings is 2. The number of rotatable bonds is 8. The second kappa shape index (κ2) is 10.7. The van der Waals surface area contributed by atoms with Gasteiger partial charge in [-0.2, -0.15) is 0 Å². The Balaban J connectivity index is 1.35. The quantitative estimate of drug-likeness (QED) is 0.165. The Morgan fingerprint density at radius 2 is 1.79 bits per heavy atom. The van der Waals surface area contributed by atoms with Crippen molar-refractivity contribution in [2.45, 2.75) is 24.9 Å². The van der Waals surface area contributed by atoms with Gasteiger partial charge < -0.3 is 29.6 Å². The molecule has 0 bridgehead atoms. The van der Waals surface area contributed by atoms with E-state index >= 15 is 0 Å². The fraction of sp³-hybridized carbons (Fsp3) is 0.238. The highest BCUT2D eigenvalue weighted by atomic mass is 31.2. The first kappa shape index (κ1) is 27.3. The maximum absolute atomic E-state index is 12.8. The Labute approximate surface area is 219 Å². The molecule has 2 amide bonds. The monoisotopic (exact) mass is 580 g/mol. The summed E-state index contributed by atoms with van der Waals surface area (Å²) < 4.78 is 38.9. The molecule has 16 nitrogen and oxygen atoms in total. The number of carbonyl (C=O) groups excluding carboxylic acids is 1. The van der Waals surface area contributed by atoms with Crippen LogP contribution >= 0.6 is 15.6 Å². The molecule has 0 radical (unpaired) electrons. The number of phosphoric ester groups is 2. The molecule has 6 N–H and O–H groups in total. The zero-order valence-corrected chi connectivity index (χ0v) is 21.6. The minimum absolute atomic E-state index is 0.0823. The van der Waals surface area contributed by atoms with E-state index in [1.165, 1.54) is 17.2 Å². The van der Waals surface area contributed by atoms with E-state index in [4.69, 9.17) is 19.0 Å². The third-order valence-electron chi connectivity index (χ3n) is 5.80. The van der Waals surface area contributed by atoms with Crippen LogP contribution in [0.15, 0.2) is 55.1 Å².